The van der Waals surface area contributed by atoms with Crippen molar-refractivity contribution < 1.29 is 19.3 Å². The summed E-state index contributed by atoms with van der Waals surface area (Å²) >= 11 is 0. The van der Waals surface area contributed by atoms with Gasteiger partial charge in [0.1, 0.15) is 0 Å². The number of aliphatic hydroxyl groups is 1. The van der Waals surface area contributed by atoms with Crippen LogP contribution in [0.25, 0.3) is 0 Å². The molecule has 0 heterocycles. The van der Waals surface area contributed by atoms with Crippen LogP contribution in [0.1, 0.15) is 58.8 Å². The molecule has 4 nitrogen and oxygen atoms in total. The Bertz CT molecular complexity index is 188. The van der Waals surface area contributed by atoms with Gasteiger partial charge >= 0.3 is 0 Å². The molecule has 0 saturated carbocycles. The van der Waals surface area contributed by atoms with Gasteiger partial charge in [0.15, 0.2) is 0 Å². The normalized spacial score (nSPS) is 12.7. The Labute approximate surface area is 131 Å². The van der Waals surface area contributed by atoms with Crippen molar-refractivity contribution in [1.82, 2.24) is 0 Å². The van der Waals surface area contributed by atoms with Crippen LogP contribution in [0.2, 0.25) is 0 Å². The first-order valence-corrected chi connectivity index (χ1v) is 8.69. The molecule has 0 aliphatic carbocycles. The number of hydrogen-bond donors (Lipinski definition) is 1. The minimum absolute atomic E-state index is 0.0694. The van der Waals surface area contributed by atoms with E-state index in [0.717, 1.165) is 6.61 Å². The highest BCUT2D eigenvalue weighted by molar-refractivity contribution is 4.57. The average Bonchev–Trinajstić information content (AvgIpc) is 2.51. The standard InChI is InChI=1S/C17H36O4/c1-3-5-6-7-8-9-17(4-2)16-21-15-14-20-13-12-19-11-10-18/h17-18H,3-16H2,1-2H3. The van der Waals surface area contributed by atoms with Crippen LogP contribution in [0.5, 0.6) is 0 Å². The SMILES string of the molecule is CCCCCCCC(CC)COCCOCCOCCO. The van der Waals surface area contributed by atoms with Crippen LogP contribution in [0.4, 0.5) is 0 Å². The largest absolute Gasteiger partial charge is 0.394 e. The maximum atomic E-state index is 8.53. The number of aliphatic hydroxyl groups excluding tert-OH is 1. The molecule has 128 valence electrons. The molecule has 4 heteroatoms. The van der Waals surface area contributed by atoms with Crippen molar-refractivity contribution in [1.29, 1.82) is 0 Å². The molecule has 0 aliphatic rings. The van der Waals surface area contributed by atoms with E-state index in [9.17, 15) is 0 Å². The van der Waals surface area contributed by atoms with Gasteiger partial charge < -0.3 is 19.3 Å². The maximum Gasteiger partial charge on any atom is 0.0701 e. The van der Waals surface area contributed by atoms with Gasteiger partial charge in [0.25, 0.3) is 0 Å². The van der Waals surface area contributed by atoms with Crippen molar-refractivity contribution >= 4 is 0 Å². The minimum Gasteiger partial charge on any atom is -0.394 e. The van der Waals surface area contributed by atoms with E-state index in [2.05, 4.69) is 13.8 Å². The van der Waals surface area contributed by atoms with Gasteiger partial charge in [0.05, 0.1) is 39.6 Å². The van der Waals surface area contributed by atoms with Crippen LogP contribution in [-0.4, -0.2) is 51.4 Å². The minimum atomic E-state index is 0.0694. The summed E-state index contributed by atoms with van der Waals surface area (Å²) in [4.78, 5) is 0. The second kappa shape index (κ2) is 17.9. The van der Waals surface area contributed by atoms with Crippen LogP contribution in [0, 0.1) is 5.92 Å². The second-order valence-electron chi connectivity index (χ2n) is 5.50. The van der Waals surface area contributed by atoms with Gasteiger partial charge in [0.2, 0.25) is 0 Å². The Hall–Kier alpha value is -0.160. The Morgan fingerprint density at radius 1 is 0.762 bits per heavy atom. The van der Waals surface area contributed by atoms with E-state index in [1.54, 1.807) is 0 Å². The van der Waals surface area contributed by atoms with Crippen LogP contribution >= 0.6 is 0 Å². The quantitative estimate of drug-likeness (QED) is 0.418. The van der Waals surface area contributed by atoms with Gasteiger partial charge in [0, 0.05) is 6.61 Å². The number of rotatable bonds is 17. The van der Waals surface area contributed by atoms with Gasteiger partial charge in [-0.3, -0.25) is 0 Å². The summed E-state index contributed by atoms with van der Waals surface area (Å²) < 4.78 is 16.2. The molecule has 0 aromatic heterocycles. The van der Waals surface area contributed by atoms with Gasteiger partial charge in [-0.1, -0.05) is 52.4 Å². The zero-order chi connectivity index (χ0) is 15.6. The van der Waals surface area contributed by atoms with Crippen LogP contribution in [-0.2, 0) is 14.2 Å². The first-order chi connectivity index (χ1) is 10.3. The Kier molecular flexibility index (Phi) is 17.8. The maximum absolute atomic E-state index is 8.53. The summed E-state index contributed by atoms with van der Waals surface area (Å²) in [6.45, 7) is 8.19. The summed E-state index contributed by atoms with van der Waals surface area (Å²) in [7, 11) is 0. The summed E-state index contributed by atoms with van der Waals surface area (Å²) in [5.41, 5.74) is 0. The highest BCUT2D eigenvalue weighted by Gasteiger charge is 2.06. The highest BCUT2D eigenvalue weighted by atomic mass is 16.5. The summed E-state index contributed by atoms with van der Waals surface area (Å²) in [6.07, 6.45) is 9.24. The van der Waals surface area contributed by atoms with E-state index >= 15 is 0 Å². The van der Waals surface area contributed by atoms with Gasteiger partial charge in [-0.05, 0) is 12.3 Å². The Morgan fingerprint density at radius 2 is 1.38 bits per heavy atom. The number of unbranched alkanes of at least 4 members (excludes halogenated alkanes) is 4. The fourth-order valence-corrected chi connectivity index (χ4v) is 2.20. The molecule has 1 unspecified atom stereocenters. The molecule has 0 saturated heterocycles. The topological polar surface area (TPSA) is 47.9 Å². The third kappa shape index (κ3) is 16.0. The fraction of sp³-hybridized carbons (Fsp3) is 1.00. The predicted octanol–water partition coefficient (Wildman–Crippen LogP) is 3.42. The molecule has 1 N–H and O–H groups in total. The zero-order valence-corrected chi connectivity index (χ0v) is 14.1. The molecule has 21 heavy (non-hydrogen) atoms. The van der Waals surface area contributed by atoms with E-state index in [0.29, 0.717) is 39.0 Å². The second-order valence-corrected chi connectivity index (χ2v) is 5.50. The molecule has 0 aromatic carbocycles. The molecule has 1 atom stereocenters. The number of hydrogen-bond acceptors (Lipinski definition) is 4. The lowest BCUT2D eigenvalue weighted by Gasteiger charge is -2.15. The van der Waals surface area contributed by atoms with E-state index in [1.165, 1.54) is 44.9 Å². The summed E-state index contributed by atoms with van der Waals surface area (Å²) in [5, 5.41) is 8.53. The average molecular weight is 304 g/mol. The fourth-order valence-electron chi connectivity index (χ4n) is 2.20. The smallest absolute Gasteiger partial charge is 0.0701 e. The van der Waals surface area contributed by atoms with E-state index < -0.39 is 0 Å². The van der Waals surface area contributed by atoms with E-state index in [1.807, 2.05) is 0 Å². The van der Waals surface area contributed by atoms with Gasteiger partial charge in [-0.25, -0.2) is 0 Å². The molecule has 0 aliphatic heterocycles. The lowest BCUT2D eigenvalue weighted by molar-refractivity contribution is 0.000937. The molecule has 0 radical (unpaired) electrons. The van der Waals surface area contributed by atoms with Crippen molar-refractivity contribution in [3.63, 3.8) is 0 Å². The van der Waals surface area contributed by atoms with Gasteiger partial charge in [-0.15, -0.1) is 0 Å². The van der Waals surface area contributed by atoms with Crippen molar-refractivity contribution in [2.75, 3.05) is 46.2 Å². The predicted molar refractivity (Wildman–Crippen MR) is 86.7 cm³/mol. The molecule has 0 rings (SSSR count). The molecule has 0 aromatic rings. The molecular formula is C17H36O4. The molecular weight excluding hydrogens is 268 g/mol. The first kappa shape index (κ1) is 20.8. The van der Waals surface area contributed by atoms with Crippen molar-refractivity contribution in [3.8, 4) is 0 Å². The van der Waals surface area contributed by atoms with Crippen molar-refractivity contribution in [2.24, 2.45) is 5.92 Å². The summed E-state index contributed by atoms with van der Waals surface area (Å²) in [5.74, 6) is 0.694. The highest BCUT2D eigenvalue weighted by Crippen LogP contribution is 2.15. The lowest BCUT2D eigenvalue weighted by atomic mass is 9.99. The molecule has 0 fully saturated rings. The summed E-state index contributed by atoms with van der Waals surface area (Å²) in [6, 6.07) is 0. The molecule has 0 amide bonds. The van der Waals surface area contributed by atoms with Crippen LogP contribution in [0.15, 0.2) is 0 Å². The monoisotopic (exact) mass is 304 g/mol. The number of ether oxygens (including phenoxy) is 3. The van der Waals surface area contributed by atoms with Crippen molar-refractivity contribution in [3.05, 3.63) is 0 Å². The van der Waals surface area contributed by atoms with Crippen molar-refractivity contribution in [2.45, 2.75) is 58.8 Å². The van der Waals surface area contributed by atoms with Crippen LogP contribution in [0.3, 0.4) is 0 Å². The first-order valence-electron chi connectivity index (χ1n) is 8.69. The Balaban J connectivity index is 3.26. The van der Waals surface area contributed by atoms with E-state index in [-0.39, 0.29) is 6.61 Å². The molecule has 0 spiro atoms. The zero-order valence-electron chi connectivity index (χ0n) is 14.1. The molecule has 0 bridgehead atoms. The third-order valence-corrected chi connectivity index (χ3v) is 3.63. The third-order valence-electron chi connectivity index (χ3n) is 3.63. The Morgan fingerprint density at radius 3 is 2.00 bits per heavy atom. The van der Waals surface area contributed by atoms with Crippen LogP contribution < -0.4 is 0 Å². The van der Waals surface area contributed by atoms with E-state index in [4.69, 9.17) is 19.3 Å². The lowest BCUT2D eigenvalue weighted by Crippen LogP contribution is -2.14. The van der Waals surface area contributed by atoms with Gasteiger partial charge in [-0.2, -0.15) is 0 Å².